The van der Waals surface area contributed by atoms with E-state index in [1.807, 2.05) is 7.05 Å². The molecule has 11 heteroatoms. The monoisotopic (exact) mass is 313 g/mol. The van der Waals surface area contributed by atoms with Crippen molar-refractivity contribution in [2.24, 2.45) is 7.05 Å². The molecule has 0 spiro atoms. The molecule has 0 atom stereocenters. The van der Waals surface area contributed by atoms with Crippen LogP contribution in [0.3, 0.4) is 0 Å². The molecule has 4 heterocycles. The van der Waals surface area contributed by atoms with Crippen LogP contribution in [0.15, 0.2) is 24.8 Å². The molecule has 0 aromatic carbocycles. The Labute approximate surface area is 128 Å². The van der Waals surface area contributed by atoms with E-state index in [2.05, 4.69) is 25.3 Å². The zero-order valence-corrected chi connectivity index (χ0v) is 12.1. The van der Waals surface area contributed by atoms with Gasteiger partial charge < -0.3 is 10.1 Å². The summed E-state index contributed by atoms with van der Waals surface area (Å²) in [6.45, 7) is 0.453. The van der Waals surface area contributed by atoms with Crippen LogP contribution in [0.2, 0.25) is 0 Å². The second kappa shape index (κ2) is 4.83. The van der Waals surface area contributed by atoms with E-state index < -0.39 is 4.92 Å². The quantitative estimate of drug-likeness (QED) is 0.393. The number of aromatic nitrogens is 8. The zero-order chi connectivity index (χ0) is 16.0. The second-order valence-corrected chi connectivity index (χ2v) is 4.99. The first-order chi connectivity index (χ1) is 11.1. The predicted molar refractivity (Wildman–Crippen MR) is 77.6 cm³/mol. The third-order valence-corrected chi connectivity index (χ3v) is 3.49. The summed E-state index contributed by atoms with van der Waals surface area (Å²) in [6, 6.07) is 1.36. The first-order valence-corrected chi connectivity index (χ1v) is 6.81. The summed E-state index contributed by atoms with van der Waals surface area (Å²) < 4.78 is 4.78. The van der Waals surface area contributed by atoms with Crippen molar-refractivity contribution < 1.29 is 4.92 Å². The molecule has 4 aromatic heterocycles. The maximum absolute atomic E-state index is 10.6. The van der Waals surface area contributed by atoms with Crippen molar-refractivity contribution in [2.45, 2.75) is 13.0 Å². The smallest absolute Gasteiger partial charge is 0.358 e. The summed E-state index contributed by atoms with van der Waals surface area (Å²) in [4.78, 5) is 18.9. The molecule has 116 valence electrons. The Hall–Kier alpha value is -3.37. The van der Waals surface area contributed by atoms with Gasteiger partial charge in [0, 0.05) is 13.5 Å². The van der Waals surface area contributed by atoms with Gasteiger partial charge in [-0.1, -0.05) is 0 Å². The van der Waals surface area contributed by atoms with E-state index in [0.29, 0.717) is 24.4 Å². The van der Waals surface area contributed by atoms with E-state index in [1.54, 1.807) is 27.9 Å². The molecule has 0 fully saturated rings. The summed E-state index contributed by atoms with van der Waals surface area (Å²) in [5.41, 5.74) is 1.42. The maximum Gasteiger partial charge on any atom is 0.389 e. The molecule has 0 amide bonds. The van der Waals surface area contributed by atoms with Crippen LogP contribution in [0.5, 0.6) is 0 Å². The van der Waals surface area contributed by atoms with E-state index in [0.717, 1.165) is 11.0 Å². The van der Waals surface area contributed by atoms with Crippen LogP contribution in [0.25, 0.3) is 16.7 Å². The lowest BCUT2D eigenvalue weighted by molar-refractivity contribution is -0.389. The molecule has 4 aromatic rings. The number of aryl methyl sites for hydroxylation is 3. The average molecular weight is 313 g/mol. The molecule has 23 heavy (non-hydrogen) atoms. The summed E-state index contributed by atoms with van der Waals surface area (Å²) >= 11 is 0. The average Bonchev–Trinajstić information content (AvgIpc) is 3.22. The molecule has 0 aliphatic rings. The van der Waals surface area contributed by atoms with Gasteiger partial charge in [-0.05, 0) is 4.92 Å². The van der Waals surface area contributed by atoms with Crippen LogP contribution in [-0.4, -0.2) is 44.1 Å². The highest BCUT2D eigenvalue weighted by atomic mass is 16.6. The second-order valence-electron chi connectivity index (χ2n) is 4.99. The lowest BCUT2D eigenvalue weighted by Crippen LogP contribution is -2.04. The van der Waals surface area contributed by atoms with Crippen molar-refractivity contribution in [3.63, 3.8) is 0 Å². The highest BCUT2D eigenvalue weighted by Gasteiger charge is 2.13. The van der Waals surface area contributed by atoms with Gasteiger partial charge in [0.2, 0.25) is 0 Å². The molecular weight excluding hydrogens is 302 g/mol. The number of nitro groups is 1. The standard InChI is InChI=1S/C12H11N9O2/c1-18-11-8(6-14-18)12-15-9(16-20(12)7-13-11)2-4-19-5-3-10(17-19)21(22)23/h3,5-7H,2,4H2,1H3. The Morgan fingerprint density at radius 1 is 1.30 bits per heavy atom. The molecule has 0 bridgehead atoms. The Balaban J connectivity index is 1.61. The number of nitrogens with zero attached hydrogens (tertiary/aromatic N) is 9. The van der Waals surface area contributed by atoms with Crippen LogP contribution in [-0.2, 0) is 20.0 Å². The molecule has 0 saturated heterocycles. The number of hydrogen-bond acceptors (Lipinski definition) is 7. The summed E-state index contributed by atoms with van der Waals surface area (Å²) in [7, 11) is 1.81. The van der Waals surface area contributed by atoms with Gasteiger partial charge in [0.15, 0.2) is 17.1 Å². The first-order valence-electron chi connectivity index (χ1n) is 6.81. The van der Waals surface area contributed by atoms with Crippen molar-refractivity contribution in [2.75, 3.05) is 0 Å². The van der Waals surface area contributed by atoms with Crippen molar-refractivity contribution in [1.29, 1.82) is 0 Å². The number of rotatable bonds is 4. The van der Waals surface area contributed by atoms with E-state index in [-0.39, 0.29) is 5.82 Å². The van der Waals surface area contributed by atoms with E-state index in [1.165, 1.54) is 10.7 Å². The molecule has 0 N–H and O–H groups in total. The predicted octanol–water partition coefficient (Wildman–Crippen LogP) is 0.358. The molecule has 0 aliphatic heterocycles. The fourth-order valence-corrected chi connectivity index (χ4v) is 2.38. The Bertz CT molecular complexity index is 1030. The molecule has 11 nitrogen and oxygen atoms in total. The van der Waals surface area contributed by atoms with E-state index >= 15 is 0 Å². The maximum atomic E-state index is 10.6. The SMILES string of the molecule is Cn1ncc2c1ncn1nc(CCn3ccc([N+](=O)[O-])n3)nc21. The van der Waals surface area contributed by atoms with Gasteiger partial charge in [-0.15, -0.1) is 5.10 Å². The minimum Gasteiger partial charge on any atom is -0.358 e. The normalized spacial score (nSPS) is 11.5. The first kappa shape index (κ1) is 13.3. The Kier molecular flexibility index (Phi) is 2.79. The zero-order valence-electron chi connectivity index (χ0n) is 12.1. The van der Waals surface area contributed by atoms with E-state index in [4.69, 9.17) is 0 Å². The summed E-state index contributed by atoms with van der Waals surface area (Å²) in [6.07, 6.45) is 5.36. The minimum atomic E-state index is -0.523. The van der Waals surface area contributed by atoms with Crippen LogP contribution < -0.4 is 0 Å². The van der Waals surface area contributed by atoms with Gasteiger partial charge >= 0.3 is 5.82 Å². The topological polar surface area (TPSA) is 122 Å². The summed E-state index contributed by atoms with van der Waals surface area (Å²) in [5, 5.41) is 23.8. The minimum absolute atomic E-state index is 0.172. The highest BCUT2D eigenvalue weighted by molar-refractivity contribution is 5.88. The third kappa shape index (κ3) is 2.18. The van der Waals surface area contributed by atoms with Gasteiger partial charge in [-0.3, -0.25) is 4.68 Å². The number of hydrogen-bond donors (Lipinski definition) is 0. The number of fused-ring (bicyclic) bond motifs is 3. The van der Waals surface area contributed by atoms with Gasteiger partial charge in [0.25, 0.3) is 0 Å². The largest absolute Gasteiger partial charge is 0.389 e. The molecular formula is C12H11N9O2. The molecule has 4 rings (SSSR count). The van der Waals surface area contributed by atoms with Crippen molar-refractivity contribution in [3.8, 4) is 0 Å². The van der Waals surface area contributed by atoms with Crippen molar-refractivity contribution >= 4 is 22.5 Å². The van der Waals surface area contributed by atoms with E-state index in [9.17, 15) is 10.1 Å². The Morgan fingerprint density at radius 3 is 2.96 bits per heavy atom. The fraction of sp³-hybridized carbons (Fsp3) is 0.250. The van der Waals surface area contributed by atoms with Crippen LogP contribution in [0, 0.1) is 10.1 Å². The third-order valence-electron chi connectivity index (χ3n) is 3.49. The van der Waals surface area contributed by atoms with Crippen LogP contribution in [0.1, 0.15) is 5.82 Å². The molecule has 0 aliphatic carbocycles. The van der Waals surface area contributed by atoms with Crippen LogP contribution >= 0.6 is 0 Å². The molecule has 0 unspecified atom stereocenters. The van der Waals surface area contributed by atoms with Gasteiger partial charge in [-0.2, -0.15) is 9.78 Å². The summed E-state index contributed by atoms with van der Waals surface area (Å²) in [5.74, 6) is 0.440. The Morgan fingerprint density at radius 2 is 2.17 bits per heavy atom. The van der Waals surface area contributed by atoms with Gasteiger partial charge in [0.1, 0.15) is 6.33 Å². The van der Waals surface area contributed by atoms with Crippen molar-refractivity contribution in [3.05, 3.63) is 40.7 Å². The fourth-order valence-electron chi connectivity index (χ4n) is 2.38. The van der Waals surface area contributed by atoms with Gasteiger partial charge in [-0.25, -0.2) is 14.5 Å². The lowest BCUT2D eigenvalue weighted by atomic mass is 10.4. The van der Waals surface area contributed by atoms with Gasteiger partial charge in [0.05, 0.1) is 35.5 Å². The highest BCUT2D eigenvalue weighted by Crippen LogP contribution is 2.15. The molecule has 0 radical (unpaired) electrons. The molecule has 0 saturated carbocycles. The van der Waals surface area contributed by atoms with Crippen molar-refractivity contribution in [1.82, 2.24) is 39.1 Å². The van der Waals surface area contributed by atoms with Crippen LogP contribution in [0.4, 0.5) is 5.82 Å². The lowest BCUT2D eigenvalue weighted by Gasteiger charge is -1.93.